The van der Waals surface area contributed by atoms with E-state index in [0.29, 0.717) is 12.1 Å². The highest BCUT2D eigenvalue weighted by Crippen LogP contribution is 2.23. The van der Waals surface area contributed by atoms with Gasteiger partial charge in [-0.2, -0.15) is 5.10 Å². The van der Waals surface area contributed by atoms with Gasteiger partial charge in [-0.15, -0.1) is 0 Å². The number of hydrogen-bond donors (Lipinski definition) is 1. The highest BCUT2D eigenvalue weighted by atomic mass is 16.1. The first-order valence-corrected chi connectivity index (χ1v) is 8.55. The van der Waals surface area contributed by atoms with E-state index in [2.05, 4.69) is 38.0 Å². The van der Waals surface area contributed by atoms with Crippen molar-refractivity contribution in [3.8, 4) is 0 Å². The van der Waals surface area contributed by atoms with Gasteiger partial charge in [0.2, 0.25) is 0 Å². The van der Waals surface area contributed by atoms with Crippen LogP contribution in [0, 0.1) is 0 Å². The maximum Gasteiger partial charge on any atom is 0.254 e. The normalized spacial score (nSPS) is 12.1. The lowest BCUT2D eigenvalue weighted by molar-refractivity contribution is 0.0949. The van der Waals surface area contributed by atoms with E-state index < -0.39 is 0 Å². The Hall–Kier alpha value is -1.95. The lowest BCUT2D eigenvalue weighted by Gasteiger charge is -2.14. The van der Waals surface area contributed by atoms with Crippen LogP contribution in [0.2, 0.25) is 0 Å². The first kappa shape index (κ1) is 18.4. The Morgan fingerprint density at radius 1 is 1.33 bits per heavy atom. The third-order valence-corrected chi connectivity index (χ3v) is 3.93. The number of likely N-dealkylation sites (N-methyl/N-ethyl adjacent to an activating group) is 1. The van der Waals surface area contributed by atoms with E-state index in [4.69, 9.17) is 5.10 Å². The van der Waals surface area contributed by atoms with Crippen molar-refractivity contribution >= 4 is 11.6 Å². The molecule has 0 aliphatic carbocycles. The van der Waals surface area contributed by atoms with Crippen LogP contribution in [0.15, 0.2) is 12.3 Å². The Morgan fingerprint density at radius 3 is 2.62 bits per heavy atom. The summed E-state index contributed by atoms with van der Waals surface area (Å²) >= 11 is 0. The molecule has 1 N–H and O–H groups in total. The van der Waals surface area contributed by atoms with Gasteiger partial charge in [-0.3, -0.25) is 4.79 Å². The number of carbonyl (C=O) groups is 1. The minimum Gasteiger partial charge on any atom is -0.351 e. The largest absolute Gasteiger partial charge is 0.351 e. The Kier molecular flexibility index (Phi) is 5.59. The molecule has 6 nitrogen and oxygen atoms in total. The molecule has 2 heterocycles. The molecule has 0 saturated heterocycles. The summed E-state index contributed by atoms with van der Waals surface area (Å²) in [5.41, 5.74) is 3.28. The van der Waals surface area contributed by atoms with Gasteiger partial charge in [0.1, 0.15) is 0 Å². The maximum atomic E-state index is 12.6. The van der Waals surface area contributed by atoms with E-state index in [0.717, 1.165) is 36.4 Å². The van der Waals surface area contributed by atoms with Gasteiger partial charge in [-0.1, -0.05) is 34.1 Å². The molecular weight excluding hydrogens is 302 g/mol. The second kappa shape index (κ2) is 7.30. The zero-order chi connectivity index (χ0) is 17.9. The maximum absolute atomic E-state index is 12.6. The SMILES string of the molecule is CCCc1c(C(=O)NCCN(C)C)cnc2cc(C(C)(C)C)nn12. The molecule has 0 aliphatic rings. The molecule has 132 valence electrons. The molecule has 0 fully saturated rings. The highest BCUT2D eigenvalue weighted by molar-refractivity contribution is 5.95. The Balaban J connectivity index is 2.39. The minimum atomic E-state index is -0.0810. The third-order valence-electron chi connectivity index (χ3n) is 3.93. The highest BCUT2D eigenvalue weighted by Gasteiger charge is 2.21. The molecule has 24 heavy (non-hydrogen) atoms. The van der Waals surface area contributed by atoms with E-state index in [9.17, 15) is 4.79 Å². The van der Waals surface area contributed by atoms with Gasteiger partial charge >= 0.3 is 0 Å². The number of hydrogen-bond acceptors (Lipinski definition) is 4. The molecule has 1 amide bonds. The van der Waals surface area contributed by atoms with Crippen molar-refractivity contribution in [2.75, 3.05) is 27.2 Å². The zero-order valence-corrected chi connectivity index (χ0v) is 15.7. The van der Waals surface area contributed by atoms with Gasteiger partial charge in [0, 0.05) is 30.8 Å². The molecule has 2 aromatic rings. The minimum absolute atomic E-state index is 0.0503. The summed E-state index contributed by atoms with van der Waals surface area (Å²) in [4.78, 5) is 19.0. The smallest absolute Gasteiger partial charge is 0.254 e. The number of aryl methyl sites for hydroxylation is 1. The van der Waals surface area contributed by atoms with Crippen LogP contribution in [0.4, 0.5) is 0 Å². The van der Waals surface area contributed by atoms with Crippen LogP contribution in [0.25, 0.3) is 5.65 Å². The average molecular weight is 331 g/mol. The quantitative estimate of drug-likeness (QED) is 0.882. The van der Waals surface area contributed by atoms with Crippen molar-refractivity contribution in [1.29, 1.82) is 0 Å². The Labute approximate surface area is 144 Å². The Morgan fingerprint density at radius 2 is 2.04 bits per heavy atom. The number of carbonyl (C=O) groups excluding carboxylic acids is 1. The molecule has 0 aromatic carbocycles. The van der Waals surface area contributed by atoms with Crippen LogP contribution in [0.1, 0.15) is 55.9 Å². The molecule has 0 unspecified atom stereocenters. The van der Waals surface area contributed by atoms with Crippen LogP contribution in [-0.2, 0) is 11.8 Å². The molecule has 0 aliphatic heterocycles. The fraction of sp³-hybridized carbons (Fsp3) is 0.611. The van der Waals surface area contributed by atoms with E-state index in [-0.39, 0.29) is 11.3 Å². The topological polar surface area (TPSA) is 62.5 Å². The van der Waals surface area contributed by atoms with Crippen molar-refractivity contribution in [3.63, 3.8) is 0 Å². The molecule has 0 saturated carbocycles. The monoisotopic (exact) mass is 331 g/mol. The summed E-state index contributed by atoms with van der Waals surface area (Å²) in [6.07, 6.45) is 3.42. The number of nitrogens with zero attached hydrogens (tertiary/aromatic N) is 4. The summed E-state index contributed by atoms with van der Waals surface area (Å²) in [5.74, 6) is -0.0810. The van der Waals surface area contributed by atoms with Crippen molar-refractivity contribution in [2.24, 2.45) is 0 Å². The standard InChI is InChI=1S/C18H29N5O/c1-7-8-14-13(17(24)19-9-10-22(5)6)12-20-16-11-15(18(2,3)4)21-23(14)16/h11-12H,7-10H2,1-6H3,(H,19,24). The van der Waals surface area contributed by atoms with Gasteiger partial charge in [0.05, 0.1) is 17.0 Å². The zero-order valence-electron chi connectivity index (χ0n) is 15.7. The van der Waals surface area contributed by atoms with Crippen LogP contribution in [0.3, 0.4) is 0 Å². The van der Waals surface area contributed by atoms with Crippen molar-refractivity contribution < 1.29 is 4.79 Å². The summed E-state index contributed by atoms with van der Waals surface area (Å²) in [5, 5.41) is 7.69. The van der Waals surface area contributed by atoms with Gasteiger partial charge < -0.3 is 10.2 Å². The molecule has 0 bridgehead atoms. The van der Waals surface area contributed by atoms with E-state index in [1.54, 1.807) is 6.20 Å². The van der Waals surface area contributed by atoms with Gasteiger partial charge in [0.25, 0.3) is 5.91 Å². The first-order chi connectivity index (χ1) is 11.2. The second-order valence-electron chi connectivity index (χ2n) is 7.48. The fourth-order valence-corrected chi connectivity index (χ4v) is 2.50. The molecule has 0 atom stereocenters. The van der Waals surface area contributed by atoms with Gasteiger partial charge in [0.15, 0.2) is 5.65 Å². The lowest BCUT2D eigenvalue weighted by Crippen LogP contribution is -2.32. The van der Waals surface area contributed by atoms with E-state index in [1.807, 2.05) is 29.6 Å². The van der Waals surface area contributed by atoms with E-state index in [1.165, 1.54) is 0 Å². The molecule has 0 spiro atoms. The van der Waals surface area contributed by atoms with Gasteiger partial charge in [-0.05, 0) is 20.5 Å². The summed E-state index contributed by atoms with van der Waals surface area (Å²) in [6, 6.07) is 2.01. The summed E-state index contributed by atoms with van der Waals surface area (Å²) in [6.45, 7) is 9.91. The first-order valence-electron chi connectivity index (χ1n) is 8.55. The predicted molar refractivity (Wildman–Crippen MR) is 96.6 cm³/mol. The molecule has 6 heteroatoms. The van der Waals surface area contributed by atoms with Crippen molar-refractivity contribution in [2.45, 2.75) is 46.0 Å². The molecule has 0 radical (unpaired) electrons. The average Bonchev–Trinajstić information content (AvgIpc) is 2.92. The van der Waals surface area contributed by atoms with Crippen molar-refractivity contribution in [3.05, 3.63) is 29.2 Å². The third kappa shape index (κ3) is 4.12. The summed E-state index contributed by atoms with van der Waals surface area (Å²) in [7, 11) is 3.97. The van der Waals surface area contributed by atoms with Crippen LogP contribution < -0.4 is 5.32 Å². The fourth-order valence-electron chi connectivity index (χ4n) is 2.50. The van der Waals surface area contributed by atoms with Crippen LogP contribution >= 0.6 is 0 Å². The Bertz CT molecular complexity index is 712. The summed E-state index contributed by atoms with van der Waals surface area (Å²) < 4.78 is 1.84. The number of aromatic nitrogens is 3. The molecule has 2 aromatic heterocycles. The van der Waals surface area contributed by atoms with Gasteiger partial charge in [-0.25, -0.2) is 9.50 Å². The van der Waals surface area contributed by atoms with Crippen LogP contribution in [0.5, 0.6) is 0 Å². The number of amides is 1. The number of nitrogens with one attached hydrogen (secondary N) is 1. The van der Waals surface area contributed by atoms with Crippen LogP contribution in [-0.4, -0.2) is 52.6 Å². The lowest BCUT2D eigenvalue weighted by atomic mass is 9.93. The predicted octanol–water partition coefficient (Wildman–Crippen LogP) is 2.27. The van der Waals surface area contributed by atoms with E-state index >= 15 is 0 Å². The second-order valence-corrected chi connectivity index (χ2v) is 7.48. The molecular formula is C18H29N5O. The number of rotatable bonds is 6. The van der Waals surface area contributed by atoms with Crippen molar-refractivity contribution in [1.82, 2.24) is 24.8 Å². The number of fused-ring (bicyclic) bond motifs is 1. The molecule has 2 rings (SSSR count).